The van der Waals surface area contributed by atoms with Crippen molar-refractivity contribution in [3.63, 3.8) is 0 Å². The third kappa shape index (κ3) is 4.42. The molecule has 1 rings (SSSR count). The van der Waals surface area contributed by atoms with Gasteiger partial charge in [0.25, 0.3) is 0 Å². The number of aryl methyl sites for hydroxylation is 1. The van der Waals surface area contributed by atoms with E-state index in [0.29, 0.717) is 6.54 Å². The van der Waals surface area contributed by atoms with Gasteiger partial charge in [0.2, 0.25) is 5.91 Å². The fourth-order valence-corrected chi connectivity index (χ4v) is 2.44. The number of anilines is 2. The highest BCUT2D eigenvalue weighted by Crippen LogP contribution is 2.30. The Morgan fingerprint density at radius 2 is 2.11 bits per heavy atom. The first-order chi connectivity index (χ1) is 8.85. The van der Waals surface area contributed by atoms with Crippen LogP contribution in [0.5, 0.6) is 0 Å². The Kier molecular flexibility index (Phi) is 5.66. The van der Waals surface area contributed by atoms with E-state index in [2.05, 4.69) is 21.2 Å². The van der Waals surface area contributed by atoms with E-state index in [9.17, 15) is 4.79 Å². The van der Waals surface area contributed by atoms with Crippen molar-refractivity contribution in [2.45, 2.75) is 33.7 Å². The molecule has 1 aromatic carbocycles. The molecule has 0 atom stereocenters. The number of carbonyl (C=O) groups is 1. The molecule has 4 nitrogen and oxygen atoms in total. The summed E-state index contributed by atoms with van der Waals surface area (Å²) >= 11 is 3.51. The number of benzene rings is 1. The number of nitrogens with two attached hydrogens (primary N) is 1. The summed E-state index contributed by atoms with van der Waals surface area (Å²) in [6.45, 7) is 9.01. The predicted molar refractivity (Wildman–Crippen MR) is 84.5 cm³/mol. The van der Waals surface area contributed by atoms with E-state index in [1.54, 1.807) is 0 Å². The van der Waals surface area contributed by atoms with Crippen molar-refractivity contribution in [2.24, 2.45) is 0 Å². The first-order valence-electron chi connectivity index (χ1n) is 6.45. The molecule has 106 valence electrons. The van der Waals surface area contributed by atoms with Gasteiger partial charge in [0.05, 0.1) is 12.2 Å². The molecule has 0 aliphatic carbocycles. The summed E-state index contributed by atoms with van der Waals surface area (Å²) in [5, 5.41) is 2.90. The fraction of sp³-hybridized carbons (Fsp3) is 0.500. The predicted octanol–water partition coefficient (Wildman–Crippen LogP) is 2.69. The van der Waals surface area contributed by atoms with Gasteiger partial charge < -0.3 is 16.0 Å². The van der Waals surface area contributed by atoms with E-state index in [1.165, 1.54) is 0 Å². The van der Waals surface area contributed by atoms with Gasteiger partial charge in [0.15, 0.2) is 0 Å². The average molecular weight is 328 g/mol. The number of nitrogens with zero attached hydrogens (tertiary/aromatic N) is 1. The highest BCUT2D eigenvalue weighted by atomic mass is 79.9. The van der Waals surface area contributed by atoms with Crippen LogP contribution in [0.3, 0.4) is 0 Å². The van der Waals surface area contributed by atoms with Gasteiger partial charge in [-0.1, -0.05) is 0 Å². The summed E-state index contributed by atoms with van der Waals surface area (Å²) in [7, 11) is 0. The lowest BCUT2D eigenvalue weighted by Crippen LogP contribution is -2.40. The van der Waals surface area contributed by atoms with Gasteiger partial charge in [-0.3, -0.25) is 4.79 Å². The molecule has 0 bridgehead atoms. The highest BCUT2D eigenvalue weighted by molar-refractivity contribution is 9.10. The molecule has 0 fully saturated rings. The monoisotopic (exact) mass is 327 g/mol. The SMILES string of the molecule is CCN(CC(=O)NC(C)C)c1cc(C)c(N)cc1Br. The zero-order chi connectivity index (χ0) is 14.6. The molecule has 3 N–H and O–H groups in total. The van der Waals surface area contributed by atoms with Crippen LogP contribution in [-0.2, 0) is 4.79 Å². The van der Waals surface area contributed by atoms with Crippen LogP contribution in [0.1, 0.15) is 26.3 Å². The summed E-state index contributed by atoms with van der Waals surface area (Å²) in [5.41, 5.74) is 8.63. The Hall–Kier alpha value is -1.23. The maximum absolute atomic E-state index is 11.9. The van der Waals surface area contributed by atoms with Crippen LogP contribution >= 0.6 is 15.9 Å². The molecule has 0 aliphatic heterocycles. The zero-order valence-electron chi connectivity index (χ0n) is 12.0. The van der Waals surface area contributed by atoms with Gasteiger partial charge in [-0.05, 0) is 61.3 Å². The summed E-state index contributed by atoms with van der Waals surface area (Å²) in [6, 6.07) is 4.04. The third-order valence-electron chi connectivity index (χ3n) is 2.84. The maximum atomic E-state index is 11.9. The lowest BCUT2D eigenvalue weighted by molar-refractivity contribution is -0.120. The van der Waals surface area contributed by atoms with Crippen molar-refractivity contribution in [1.82, 2.24) is 5.32 Å². The largest absolute Gasteiger partial charge is 0.398 e. The minimum absolute atomic E-state index is 0.0261. The van der Waals surface area contributed by atoms with E-state index in [1.807, 2.05) is 44.7 Å². The second-order valence-electron chi connectivity index (χ2n) is 4.90. The van der Waals surface area contributed by atoms with Crippen molar-refractivity contribution in [1.29, 1.82) is 0 Å². The second kappa shape index (κ2) is 6.80. The van der Waals surface area contributed by atoms with Crippen LogP contribution in [0, 0.1) is 6.92 Å². The van der Waals surface area contributed by atoms with Crippen LogP contribution in [0.15, 0.2) is 16.6 Å². The normalized spacial score (nSPS) is 10.6. The van der Waals surface area contributed by atoms with Crippen LogP contribution in [0.2, 0.25) is 0 Å². The smallest absolute Gasteiger partial charge is 0.239 e. The lowest BCUT2D eigenvalue weighted by atomic mass is 10.1. The number of hydrogen-bond donors (Lipinski definition) is 2. The van der Waals surface area contributed by atoms with Crippen molar-refractivity contribution in [2.75, 3.05) is 23.7 Å². The van der Waals surface area contributed by atoms with Crippen molar-refractivity contribution < 1.29 is 4.79 Å². The number of nitrogens with one attached hydrogen (secondary N) is 1. The van der Waals surface area contributed by atoms with E-state index in [4.69, 9.17) is 5.73 Å². The molecule has 0 saturated heterocycles. The molecule has 1 aromatic rings. The molecule has 1 amide bonds. The third-order valence-corrected chi connectivity index (χ3v) is 3.48. The van der Waals surface area contributed by atoms with Crippen molar-refractivity contribution in [3.8, 4) is 0 Å². The Morgan fingerprint density at radius 3 is 2.63 bits per heavy atom. The highest BCUT2D eigenvalue weighted by Gasteiger charge is 2.14. The fourth-order valence-electron chi connectivity index (χ4n) is 1.83. The first-order valence-corrected chi connectivity index (χ1v) is 7.24. The summed E-state index contributed by atoms with van der Waals surface area (Å²) in [5.74, 6) is 0.0261. The minimum atomic E-state index is 0.0261. The molecular weight excluding hydrogens is 306 g/mol. The number of rotatable bonds is 5. The topological polar surface area (TPSA) is 58.4 Å². The Morgan fingerprint density at radius 1 is 1.47 bits per heavy atom. The molecule has 19 heavy (non-hydrogen) atoms. The number of nitrogen functional groups attached to an aromatic ring is 1. The van der Waals surface area contributed by atoms with Gasteiger partial charge in [0.1, 0.15) is 0 Å². The van der Waals surface area contributed by atoms with Crippen LogP contribution in [0.25, 0.3) is 0 Å². The van der Waals surface area contributed by atoms with E-state index in [0.717, 1.165) is 28.0 Å². The average Bonchev–Trinajstić information content (AvgIpc) is 2.30. The maximum Gasteiger partial charge on any atom is 0.239 e. The van der Waals surface area contributed by atoms with Gasteiger partial charge >= 0.3 is 0 Å². The summed E-state index contributed by atoms with van der Waals surface area (Å²) in [6.07, 6.45) is 0. The minimum Gasteiger partial charge on any atom is -0.398 e. The molecule has 0 radical (unpaired) electrons. The van der Waals surface area contributed by atoms with Crippen LogP contribution in [0.4, 0.5) is 11.4 Å². The Bertz CT molecular complexity index is 460. The molecule has 0 unspecified atom stereocenters. The van der Waals surface area contributed by atoms with E-state index < -0.39 is 0 Å². The number of amides is 1. The molecule has 0 spiro atoms. The van der Waals surface area contributed by atoms with E-state index in [-0.39, 0.29) is 11.9 Å². The molecule has 0 aromatic heterocycles. The van der Waals surface area contributed by atoms with Crippen LogP contribution in [-0.4, -0.2) is 25.0 Å². The van der Waals surface area contributed by atoms with E-state index >= 15 is 0 Å². The zero-order valence-corrected chi connectivity index (χ0v) is 13.5. The summed E-state index contributed by atoms with van der Waals surface area (Å²) in [4.78, 5) is 13.9. The molecule has 0 aliphatic rings. The molecule has 5 heteroatoms. The lowest BCUT2D eigenvalue weighted by Gasteiger charge is -2.25. The standard InChI is InChI=1S/C14H22BrN3O/c1-5-18(8-14(19)17-9(2)3)13-6-10(4)12(16)7-11(13)15/h6-7,9H,5,8,16H2,1-4H3,(H,17,19). The quantitative estimate of drug-likeness (QED) is 0.817. The van der Waals surface area contributed by atoms with Crippen molar-refractivity contribution in [3.05, 3.63) is 22.2 Å². The van der Waals surface area contributed by atoms with Gasteiger partial charge in [-0.15, -0.1) is 0 Å². The second-order valence-corrected chi connectivity index (χ2v) is 5.75. The summed E-state index contributed by atoms with van der Waals surface area (Å²) < 4.78 is 0.912. The molecule has 0 heterocycles. The van der Waals surface area contributed by atoms with Gasteiger partial charge in [-0.2, -0.15) is 0 Å². The number of carbonyl (C=O) groups excluding carboxylic acids is 1. The van der Waals surface area contributed by atoms with Crippen molar-refractivity contribution >= 4 is 33.2 Å². The number of likely N-dealkylation sites (N-methyl/N-ethyl adjacent to an activating group) is 1. The van der Waals surface area contributed by atoms with Crippen LogP contribution < -0.4 is 16.0 Å². The Labute approximate surface area is 123 Å². The molecule has 0 saturated carbocycles. The number of halogens is 1. The Balaban J connectivity index is 2.91. The number of hydrogen-bond acceptors (Lipinski definition) is 3. The first kappa shape index (κ1) is 15.8. The van der Waals surface area contributed by atoms with Gasteiger partial charge in [0, 0.05) is 22.7 Å². The molecular formula is C14H22BrN3O. The van der Waals surface area contributed by atoms with Gasteiger partial charge in [-0.25, -0.2) is 0 Å².